The molecule has 3 aromatic heterocycles. The van der Waals surface area contributed by atoms with Crippen molar-refractivity contribution < 1.29 is 4.79 Å². The molecule has 0 spiro atoms. The van der Waals surface area contributed by atoms with Gasteiger partial charge in [-0.25, -0.2) is 0 Å². The first-order chi connectivity index (χ1) is 12.2. The van der Waals surface area contributed by atoms with Gasteiger partial charge in [-0.05, 0) is 44.4 Å². The molecule has 0 bridgehead atoms. The van der Waals surface area contributed by atoms with Gasteiger partial charge < -0.3 is 4.90 Å². The number of carbonyl (C=O) groups excluding carboxylic acids is 1. The van der Waals surface area contributed by atoms with Crippen molar-refractivity contribution in [3.63, 3.8) is 0 Å². The van der Waals surface area contributed by atoms with Crippen LogP contribution in [-0.2, 0) is 4.79 Å². The summed E-state index contributed by atoms with van der Waals surface area (Å²) in [5, 5.41) is 20.3. The highest BCUT2D eigenvalue weighted by molar-refractivity contribution is 8.00. The molecule has 8 nitrogen and oxygen atoms in total. The molecule has 1 atom stereocenters. The minimum Gasteiger partial charge on any atom is -0.342 e. The second-order valence-electron chi connectivity index (χ2n) is 6.08. The predicted molar refractivity (Wildman–Crippen MR) is 94.1 cm³/mol. The lowest BCUT2D eigenvalue weighted by Crippen LogP contribution is -2.40. The standard InChI is InChI=1S/C16H19N7OS/c1-11(16(24)22-9-3-2-4-10-22)25-14-6-5-13-19-20-15(23(13)21-14)12-7-8-17-18-12/h5-8,11H,2-4,9-10H2,1H3,(H,17,18). The molecule has 1 aliphatic heterocycles. The molecule has 1 saturated heterocycles. The van der Waals surface area contributed by atoms with Crippen molar-refractivity contribution in [1.82, 2.24) is 34.9 Å². The van der Waals surface area contributed by atoms with Crippen LogP contribution in [0.4, 0.5) is 0 Å². The Labute approximate surface area is 149 Å². The van der Waals surface area contributed by atoms with E-state index in [0.717, 1.165) is 36.7 Å². The zero-order valence-electron chi connectivity index (χ0n) is 13.9. The summed E-state index contributed by atoms with van der Waals surface area (Å²) >= 11 is 1.46. The van der Waals surface area contributed by atoms with Crippen molar-refractivity contribution in [2.24, 2.45) is 0 Å². The Balaban J connectivity index is 1.55. The Morgan fingerprint density at radius 2 is 2.04 bits per heavy atom. The van der Waals surface area contributed by atoms with Gasteiger partial charge in [0.2, 0.25) is 11.7 Å². The van der Waals surface area contributed by atoms with E-state index in [1.54, 1.807) is 10.7 Å². The number of aromatic amines is 1. The molecule has 1 aliphatic rings. The van der Waals surface area contributed by atoms with E-state index in [2.05, 4.69) is 25.5 Å². The number of nitrogens with zero attached hydrogens (tertiary/aromatic N) is 6. The first-order valence-corrected chi connectivity index (χ1v) is 9.28. The summed E-state index contributed by atoms with van der Waals surface area (Å²) in [6.45, 7) is 3.67. The molecule has 1 fully saturated rings. The van der Waals surface area contributed by atoms with Gasteiger partial charge >= 0.3 is 0 Å². The first-order valence-electron chi connectivity index (χ1n) is 8.40. The average Bonchev–Trinajstić information content (AvgIpc) is 3.30. The molecule has 0 radical (unpaired) electrons. The van der Waals surface area contributed by atoms with Crippen LogP contribution in [0.25, 0.3) is 17.2 Å². The van der Waals surface area contributed by atoms with Crippen LogP contribution >= 0.6 is 11.8 Å². The monoisotopic (exact) mass is 357 g/mol. The molecule has 25 heavy (non-hydrogen) atoms. The third kappa shape index (κ3) is 3.23. The van der Waals surface area contributed by atoms with Gasteiger partial charge in [-0.3, -0.25) is 9.89 Å². The summed E-state index contributed by atoms with van der Waals surface area (Å²) in [5.41, 5.74) is 1.41. The molecule has 4 heterocycles. The lowest BCUT2D eigenvalue weighted by molar-refractivity contribution is -0.131. The number of H-pyrrole nitrogens is 1. The van der Waals surface area contributed by atoms with E-state index in [-0.39, 0.29) is 11.2 Å². The van der Waals surface area contributed by atoms with E-state index in [1.165, 1.54) is 18.2 Å². The highest BCUT2D eigenvalue weighted by Gasteiger charge is 2.23. The molecule has 1 amide bonds. The van der Waals surface area contributed by atoms with Crippen LogP contribution in [0.5, 0.6) is 0 Å². The van der Waals surface area contributed by atoms with Gasteiger partial charge in [0, 0.05) is 19.3 Å². The lowest BCUT2D eigenvalue weighted by Gasteiger charge is -2.28. The van der Waals surface area contributed by atoms with Crippen molar-refractivity contribution >= 4 is 23.3 Å². The zero-order chi connectivity index (χ0) is 17.2. The van der Waals surface area contributed by atoms with Crippen molar-refractivity contribution in [1.29, 1.82) is 0 Å². The second-order valence-corrected chi connectivity index (χ2v) is 7.44. The molecule has 1 N–H and O–H groups in total. The molecule has 3 aromatic rings. The predicted octanol–water partition coefficient (Wildman–Crippen LogP) is 2.01. The first kappa shape index (κ1) is 16.1. The summed E-state index contributed by atoms with van der Waals surface area (Å²) < 4.78 is 1.67. The van der Waals surface area contributed by atoms with E-state index < -0.39 is 0 Å². The van der Waals surface area contributed by atoms with Gasteiger partial charge in [0.25, 0.3) is 0 Å². The highest BCUT2D eigenvalue weighted by Crippen LogP contribution is 2.25. The average molecular weight is 357 g/mol. The van der Waals surface area contributed by atoms with Crippen LogP contribution in [0, 0.1) is 0 Å². The maximum Gasteiger partial charge on any atom is 0.235 e. The summed E-state index contributed by atoms with van der Waals surface area (Å²) in [4.78, 5) is 14.6. The Bertz CT molecular complexity index is 870. The van der Waals surface area contributed by atoms with Crippen LogP contribution in [0.2, 0.25) is 0 Å². The third-order valence-corrected chi connectivity index (χ3v) is 5.31. The van der Waals surface area contributed by atoms with Crippen LogP contribution in [0.3, 0.4) is 0 Å². The lowest BCUT2D eigenvalue weighted by atomic mass is 10.1. The molecule has 4 rings (SSSR count). The third-order valence-electron chi connectivity index (χ3n) is 4.29. The maximum absolute atomic E-state index is 12.6. The smallest absolute Gasteiger partial charge is 0.235 e. The number of hydrogen-bond donors (Lipinski definition) is 1. The van der Waals surface area contributed by atoms with Crippen molar-refractivity contribution in [3.05, 3.63) is 24.4 Å². The second kappa shape index (κ2) is 6.83. The van der Waals surface area contributed by atoms with Gasteiger partial charge in [-0.15, -0.1) is 10.2 Å². The fourth-order valence-corrected chi connectivity index (χ4v) is 3.87. The van der Waals surface area contributed by atoms with Crippen LogP contribution < -0.4 is 0 Å². The summed E-state index contributed by atoms with van der Waals surface area (Å²) in [6.07, 6.45) is 5.07. The van der Waals surface area contributed by atoms with E-state index in [9.17, 15) is 4.79 Å². The number of fused-ring (bicyclic) bond motifs is 1. The highest BCUT2D eigenvalue weighted by atomic mass is 32.2. The van der Waals surface area contributed by atoms with E-state index >= 15 is 0 Å². The zero-order valence-corrected chi connectivity index (χ0v) is 14.7. The van der Waals surface area contributed by atoms with Crippen molar-refractivity contribution in [2.45, 2.75) is 36.5 Å². The minimum atomic E-state index is -0.171. The Morgan fingerprint density at radius 3 is 2.80 bits per heavy atom. The molecule has 0 saturated carbocycles. The van der Waals surface area contributed by atoms with Crippen molar-refractivity contribution in [2.75, 3.05) is 13.1 Å². The Hall–Kier alpha value is -2.42. The van der Waals surface area contributed by atoms with Crippen LogP contribution in [-0.4, -0.2) is 59.2 Å². The van der Waals surface area contributed by atoms with Gasteiger partial charge in [-0.1, -0.05) is 11.8 Å². The van der Waals surface area contributed by atoms with Gasteiger partial charge in [0.15, 0.2) is 5.65 Å². The number of thioether (sulfide) groups is 1. The number of carbonyl (C=O) groups is 1. The van der Waals surface area contributed by atoms with Gasteiger partial charge in [0.1, 0.15) is 10.7 Å². The van der Waals surface area contributed by atoms with E-state index in [0.29, 0.717) is 11.5 Å². The summed E-state index contributed by atoms with van der Waals surface area (Å²) in [5.74, 6) is 0.786. The Morgan fingerprint density at radius 1 is 1.20 bits per heavy atom. The summed E-state index contributed by atoms with van der Waals surface area (Å²) in [7, 11) is 0. The molecule has 130 valence electrons. The summed E-state index contributed by atoms with van der Waals surface area (Å²) in [6, 6.07) is 5.56. The number of likely N-dealkylation sites (tertiary alicyclic amines) is 1. The number of nitrogens with one attached hydrogen (secondary N) is 1. The minimum absolute atomic E-state index is 0.171. The number of aromatic nitrogens is 6. The maximum atomic E-state index is 12.6. The topological polar surface area (TPSA) is 92.1 Å². The SMILES string of the molecule is CC(Sc1ccc2nnc(-c3ccn[nH]3)n2n1)C(=O)N1CCCCC1. The number of hydrogen-bond acceptors (Lipinski definition) is 6. The number of amides is 1. The van der Waals surface area contributed by atoms with Crippen LogP contribution in [0.15, 0.2) is 29.4 Å². The molecule has 9 heteroatoms. The molecule has 0 aliphatic carbocycles. The quantitative estimate of drug-likeness (QED) is 0.718. The molecule has 1 unspecified atom stereocenters. The van der Waals surface area contributed by atoms with Crippen LogP contribution in [0.1, 0.15) is 26.2 Å². The number of rotatable bonds is 4. The Kier molecular flexibility index (Phi) is 4.39. The van der Waals surface area contributed by atoms with E-state index in [1.807, 2.05) is 30.0 Å². The largest absolute Gasteiger partial charge is 0.342 e. The van der Waals surface area contributed by atoms with Crippen molar-refractivity contribution in [3.8, 4) is 11.5 Å². The van der Waals surface area contributed by atoms with Gasteiger partial charge in [-0.2, -0.15) is 14.7 Å². The number of piperidine rings is 1. The normalized spacial score (nSPS) is 16.3. The molecule has 0 aromatic carbocycles. The molecular formula is C16H19N7OS. The fourth-order valence-electron chi connectivity index (χ4n) is 2.99. The fraction of sp³-hybridized carbons (Fsp3) is 0.438. The molecular weight excluding hydrogens is 338 g/mol. The van der Waals surface area contributed by atoms with E-state index in [4.69, 9.17) is 0 Å². The van der Waals surface area contributed by atoms with Gasteiger partial charge in [0.05, 0.1) is 5.25 Å².